The van der Waals surface area contributed by atoms with Crippen molar-refractivity contribution < 1.29 is 18.0 Å². The van der Waals surface area contributed by atoms with Crippen molar-refractivity contribution >= 4 is 5.78 Å². The number of allylic oxidation sites excluding steroid dienone is 3. The summed E-state index contributed by atoms with van der Waals surface area (Å²) in [4.78, 5) is 10.3. The number of ketones is 1. The van der Waals surface area contributed by atoms with Gasteiger partial charge >= 0.3 is 6.18 Å². The normalized spacial score (nSPS) is 10.6. The van der Waals surface area contributed by atoms with E-state index >= 15 is 0 Å². The highest BCUT2D eigenvalue weighted by Crippen LogP contribution is 2.33. The minimum atomic E-state index is -4.30. The standard InChI is InChI=1S/C16H15F3.C6H10O.C4H10.C3H6/c1-3-12-8-14(10-15(9-12)16(17,18)19)13-6-4-11(2)5-7-13;1-4-5(2)6(3)7;1-4(2)3;1-3-2/h4-10H,3H2,1-2H3;4H,1-3H3;4H,1-3H3;3H,1H2,2H3/b;5-4+;;. The summed E-state index contributed by atoms with van der Waals surface area (Å²) >= 11 is 0. The van der Waals surface area contributed by atoms with Crippen LogP contribution in [0.25, 0.3) is 11.1 Å². The zero-order chi connectivity index (χ0) is 26.2. The number of hydrogen-bond donors (Lipinski definition) is 0. The van der Waals surface area contributed by atoms with Gasteiger partial charge in [0.05, 0.1) is 5.56 Å². The van der Waals surface area contributed by atoms with Crippen molar-refractivity contribution in [1.29, 1.82) is 0 Å². The van der Waals surface area contributed by atoms with Crippen molar-refractivity contribution in [3.8, 4) is 11.1 Å². The number of carbonyl (C=O) groups is 1. The number of alkyl halides is 3. The average molecular weight is 463 g/mol. The second-order valence-electron chi connectivity index (χ2n) is 8.30. The topological polar surface area (TPSA) is 17.1 Å². The second kappa shape index (κ2) is 16.9. The fourth-order valence-corrected chi connectivity index (χ4v) is 2.18. The van der Waals surface area contributed by atoms with E-state index in [1.807, 2.05) is 71.0 Å². The lowest BCUT2D eigenvalue weighted by Crippen LogP contribution is -2.06. The van der Waals surface area contributed by atoms with E-state index in [0.717, 1.165) is 22.6 Å². The van der Waals surface area contributed by atoms with E-state index in [9.17, 15) is 18.0 Å². The summed E-state index contributed by atoms with van der Waals surface area (Å²) in [6, 6.07) is 11.8. The fourth-order valence-electron chi connectivity index (χ4n) is 2.18. The monoisotopic (exact) mass is 462 g/mol. The Hall–Kier alpha value is -2.62. The van der Waals surface area contributed by atoms with Gasteiger partial charge in [0.1, 0.15) is 0 Å². The van der Waals surface area contributed by atoms with Gasteiger partial charge in [-0.15, -0.1) is 6.58 Å². The van der Waals surface area contributed by atoms with E-state index in [-0.39, 0.29) is 5.78 Å². The summed E-state index contributed by atoms with van der Waals surface area (Å²) in [5.41, 5.74) is 3.47. The van der Waals surface area contributed by atoms with E-state index in [4.69, 9.17) is 0 Å². The molecule has 0 spiro atoms. The maximum Gasteiger partial charge on any atom is 0.416 e. The maximum absolute atomic E-state index is 12.9. The van der Waals surface area contributed by atoms with E-state index in [2.05, 4.69) is 27.4 Å². The number of rotatable bonds is 3. The van der Waals surface area contributed by atoms with Gasteiger partial charge in [0.15, 0.2) is 5.78 Å². The first-order valence-electron chi connectivity index (χ1n) is 11.2. The molecule has 0 saturated carbocycles. The Kier molecular flexibility index (Phi) is 16.7. The van der Waals surface area contributed by atoms with Crippen LogP contribution in [-0.2, 0) is 17.4 Å². The molecule has 2 aromatic rings. The first-order valence-corrected chi connectivity index (χ1v) is 11.2. The Morgan fingerprint density at radius 1 is 0.970 bits per heavy atom. The SMILES string of the molecule is C/C=C(\C)C(C)=O.C=CC.CC(C)C.CCc1cc(-c2ccc(C)cc2)cc(C(F)(F)F)c1. The van der Waals surface area contributed by atoms with Gasteiger partial charge in [-0.25, -0.2) is 0 Å². The first kappa shape index (κ1) is 32.6. The third kappa shape index (κ3) is 15.8. The zero-order valence-electron chi connectivity index (χ0n) is 21.7. The Morgan fingerprint density at radius 3 is 1.73 bits per heavy atom. The molecule has 0 fully saturated rings. The predicted octanol–water partition coefficient (Wildman–Crippen LogP) is 9.64. The molecule has 0 bridgehead atoms. The molecule has 2 aromatic carbocycles. The van der Waals surface area contributed by atoms with E-state index < -0.39 is 11.7 Å². The molecule has 0 aliphatic carbocycles. The molecule has 0 aromatic heterocycles. The molecular formula is C29H41F3O. The molecule has 2 rings (SSSR count). The highest BCUT2D eigenvalue weighted by atomic mass is 19.4. The quantitative estimate of drug-likeness (QED) is 0.328. The Morgan fingerprint density at radius 2 is 1.42 bits per heavy atom. The predicted molar refractivity (Wildman–Crippen MR) is 137 cm³/mol. The summed E-state index contributed by atoms with van der Waals surface area (Å²) in [6.45, 7) is 20.8. The molecule has 184 valence electrons. The molecule has 0 atom stereocenters. The molecule has 0 amide bonds. The van der Waals surface area contributed by atoms with Crippen molar-refractivity contribution in [2.24, 2.45) is 5.92 Å². The number of benzene rings is 2. The van der Waals surface area contributed by atoms with Crippen LogP contribution >= 0.6 is 0 Å². The van der Waals surface area contributed by atoms with Crippen molar-refractivity contribution in [2.45, 2.75) is 74.9 Å². The van der Waals surface area contributed by atoms with Gasteiger partial charge in [0, 0.05) is 0 Å². The van der Waals surface area contributed by atoms with Gasteiger partial charge in [-0.05, 0) is 81.4 Å². The molecule has 4 heteroatoms. The van der Waals surface area contributed by atoms with Gasteiger partial charge in [0.2, 0.25) is 0 Å². The molecule has 0 N–H and O–H groups in total. The van der Waals surface area contributed by atoms with Crippen molar-refractivity contribution in [1.82, 2.24) is 0 Å². The highest BCUT2D eigenvalue weighted by Gasteiger charge is 2.31. The van der Waals surface area contributed by atoms with Gasteiger partial charge < -0.3 is 0 Å². The Labute approximate surface area is 199 Å². The van der Waals surface area contributed by atoms with Crippen LogP contribution in [0.5, 0.6) is 0 Å². The smallest absolute Gasteiger partial charge is 0.295 e. The Bertz CT molecular complexity index is 855. The summed E-state index contributed by atoms with van der Waals surface area (Å²) in [5.74, 6) is 0.988. The molecule has 0 heterocycles. The lowest BCUT2D eigenvalue weighted by Gasteiger charge is -2.12. The number of aryl methyl sites for hydroxylation is 2. The number of Topliss-reactive ketones (excluding diaryl/α,β-unsaturated/α-hetero) is 1. The second-order valence-corrected chi connectivity index (χ2v) is 8.30. The summed E-state index contributed by atoms with van der Waals surface area (Å²) in [5, 5.41) is 0. The minimum absolute atomic E-state index is 0.155. The summed E-state index contributed by atoms with van der Waals surface area (Å²) < 4.78 is 38.6. The van der Waals surface area contributed by atoms with E-state index in [1.165, 1.54) is 12.1 Å². The molecule has 0 saturated heterocycles. The molecule has 33 heavy (non-hydrogen) atoms. The van der Waals surface area contributed by atoms with Crippen LogP contribution in [0.2, 0.25) is 0 Å². The highest BCUT2D eigenvalue weighted by molar-refractivity contribution is 5.92. The van der Waals surface area contributed by atoms with Crippen LogP contribution < -0.4 is 0 Å². The molecule has 0 radical (unpaired) electrons. The first-order chi connectivity index (χ1) is 15.2. The van der Waals surface area contributed by atoms with Crippen LogP contribution in [-0.4, -0.2) is 5.78 Å². The number of halogens is 3. The molecule has 0 unspecified atom stereocenters. The zero-order valence-corrected chi connectivity index (χ0v) is 21.7. The third-order valence-corrected chi connectivity index (χ3v) is 4.10. The lowest BCUT2D eigenvalue weighted by atomic mass is 9.98. The molecular weight excluding hydrogens is 421 g/mol. The van der Waals surface area contributed by atoms with E-state index in [1.54, 1.807) is 13.0 Å². The van der Waals surface area contributed by atoms with Crippen LogP contribution in [0.4, 0.5) is 13.2 Å². The number of hydrogen-bond acceptors (Lipinski definition) is 1. The summed E-state index contributed by atoms with van der Waals surface area (Å²) in [6.07, 6.45) is -0.157. The molecule has 0 aliphatic rings. The Balaban J connectivity index is 0. The van der Waals surface area contributed by atoms with Crippen molar-refractivity contribution in [2.75, 3.05) is 0 Å². The van der Waals surface area contributed by atoms with Crippen LogP contribution in [0, 0.1) is 12.8 Å². The van der Waals surface area contributed by atoms with Crippen LogP contribution in [0.15, 0.2) is 66.8 Å². The third-order valence-electron chi connectivity index (χ3n) is 4.10. The number of carbonyl (C=O) groups excluding carboxylic acids is 1. The van der Waals surface area contributed by atoms with Crippen molar-refractivity contribution in [3.05, 3.63) is 83.5 Å². The van der Waals surface area contributed by atoms with Crippen LogP contribution in [0.3, 0.4) is 0 Å². The molecule has 1 nitrogen and oxygen atoms in total. The largest absolute Gasteiger partial charge is 0.416 e. The fraction of sp³-hybridized carbons (Fsp3) is 0.414. The summed E-state index contributed by atoms with van der Waals surface area (Å²) in [7, 11) is 0. The van der Waals surface area contributed by atoms with Gasteiger partial charge in [0.25, 0.3) is 0 Å². The lowest BCUT2D eigenvalue weighted by molar-refractivity contribution is -0.137. The molecule has 0 aliphatic heterocycles. The maximum atomic E-state index is 12.9. The van der Waals surface area contributed by atoms with Gasteiger partial charge in [-0.2, -0.15) is 13.2 Å². The van der Waals surface area contributed by atoms with Gasteiger partial charge in [-0.1, -0.05) is 75.7 Å². The average Bonchev–Trinajstić information content (AvgIpc) is 2.73. The minimum Gasteiger partial charge on any atom is -0.295 e. The van der Waals surface area contributed by atoms with Gasteiger partial charge in [-0.3, -0.25) is 4.79 Å². The van der Waals surface area contributed by atoms with Crippen molar-refractivity contribution in [3.63, 3.8) is 0 Å². The van der Waals surface area contributed by atoms with Crippen LogP contribution in [0.1, 0.15) is 72.1 Å². The van der Waals surface area contributed by atoms with E-state index in [0.29, 0.717) is 17.5 Å².